The summed E-state index contributed by atoms with van der Waals surface area (Å²) >= 11 is 11.9. The summed E-state index contributed by atoms with van der Waals surface area (Å²) in [5.74, 6) is 0. The zero-order chi connectivity index (χ0) is 20.6. The van der Waals surface area contributed by atoms with Gasteiger partial charge >= 0.3 is 6.18 Å². The maximum Gasteiger partial charge on any atom is 0.420 e. The number of alkyl halides is 3. The molecule has 0 bridgehead atoms. The van der Waals surface area contributed by atoms with Crippen LogP contribution >= 0.6 is 23.2 Å². The highest BCUT2D eigenvalue weighted by Crippen LogP contribution is 2.44. The molecule has 0 unspecified atom stereocenters. The molecule has 0 aliphatic rings. The molecule has 2 nitrogen and oxygen atoms in total. The number of benzene rings is 3. The Morgan fingerprint density at radius 2 is 1.21 bits per heavy atom. The van der Waals surface area contributed by atoms with E-state index >= 15 is 0 Å². The summed E-state index contributed by atoms with van der Waals surface area (Å²) < 4.78 is 44.1. The van der Waals surface area contributed by atoms with Gasteiger partial charge in [-0.3, -0.25) is 0 Å². The number of nitrogens with zero attached hydrogens (tertiary/aromatic N) is 2. The van der Waals surface area contributed by atoms with Crippen molar-refractivity contribution < 1.29 is 13.2 Å². The van der Waals surface area contributed by atoms with Crippen LogP contribution < -0.4 is 0 Å². The second kappa shape index (κ2) is 7.58. The number of hydrogen-bond acceptors (Lipinski definition) is 1. The van der Waals surface area contributed by atoms with E-state index in [1.54, 1.807) is 66.7 Å². The quantitative estimate of drug-likeness (QED) is 0.327. The third kappa shape index (κ3) is 3.88. The van der Waals surface area contributed by atoms with Gasteiger partial charge in [0.1, 0.15) is 11.3 Å². The molecule has 1 heterocycles. The standard InChI is InChI=1S/C22H13Cl2F3N2/c23-16-10-6-14(7-11-16)20-19(22(25,26)27)21(15-8-12-17(24)13-9-15)29(28-20)18-4-2-1-3-5-18/h1-13H. The second-order valence-corrected chi connectivity index (χ2v) is 7.20. The molecule has 4 aromatic rings. The van der Waals surface area contributed by atoms with Crippen molar-refractivity contribution in [1.29, 1.82) is 0 Å². The molecular weight excluding hydrogens is 420 g/mol. The fourth-order valence-electron chi connectivity index (χ4n) is 3.13. The average molecular weight is 433 g/mol. The Hall–Kier alpha value is -2.76. The van der Waals surface area contributed by atoms with Crippen LogP contribution in [0.2, 0.25) is 10.0 Å². The lowest BCUT2D eigenvalue weighted by Crippen LogP contribution is -2.08. The summed E-state index contributed by atoms with van der Waals surface area (Å²) in [5, 5.41) is 5.24. The minimum Gasteiger partial charge on any atom is -0.232 e. The van der Waals surface area contributed by atoms with Crippen LogP contribution in [0.4, 0.5) is 13.2 Å². The summed E-state index contributed by atoms with van der Waals surface area (Å²) in [6.45, 7) is 0. The normalized spacial score (nSPS) is 11.6. The molecule has 29 heavy (non-hydrogen) atoms. The van der Waals surface area contributed by atoms with Crippen molar-refractivity contribution in [3.8, 4) is 28.2 Å². The molecule has 0 N–H and O–H groups in total. The Kier molecular flexibility index (Phi) is 5.11. The topological polar surface area (TPSA) is 17.8 Å². The first-order valence-corrected chi connectivity index (χ1v) is 9.38. The van der Waals surface area contributed by atoms with Gasteiger partial charge < -0.3 is 0 Å². The molecule has 0 aliphatic carbocycles. The Labute approximate surface area is 175 Å². The van der Waals surface area contributed by atoms with Crippen molar-refractivity contribution in [3.63, 3.8) is 0 Å². The predicted molar refractivity (Wildman–Crippen MR) is 109 cm³/mol. The van der Waals surface area contributed by atoms with Crippen LogP contribution in [-0.4, -0.2) is 9.78 Å². The van der Waals surface area contributed by atoms with E-state index < -0.39 is 11.7 Å². The summed E-state index contributed by atoms with van der Waals surface area (Å²) in [6.07, 6.45) is -4.63. The van der Waals surface area contributed by atoms with Crippen molar-refractivity contribution >= 4 is 23.2 Å². The fraction of sp³-hybridized carbons (Fsp3) is 0.0455. The van der Waals surface area contributed by atoms with Crippen LogP contribution in [0, 0.1) is 0 Å². The van der Waals surface area contributed by atoms with Gasteiger partial charge in [0, 0.05) is 21.2 Å². The van der Waals surface area contributed by atoms with Gasteiger partial charge in [-0.2, -0.15) is 18.3 Å². The Balaban J connectivity index is 2.07. The highest BCUT2D eigenvalue weighted by molar-refractivity contribution is 6.30. The molecule has 4 rings (SSSR count). The first kappa shape index (κ1) is 19.6. The van der Waals surface area contributed by atoms with Crippen LogP contribution in [0.3, 0.4) is 0 Å². The van der Waals surface area contributed by atoms with Gasteiger partial charge in [0.05, 0.1) is 11.4 Å². The van der Waals surface area contributed by atoms with E-state index in [2.05, 4.69) is 5.10 Å². The molecule has 0 saturated carbocycles. The number of halogens is 5. The average Bonchev–Trinajstić information content (AvgIpc) is 3.11. The van der Waals surface area contributed by atoms with Crippen molar-refractivity contribution in [2.24, 2.45) is 0 Å². The number of aromatic nitrogens is 2. The minimum atomic E-state index is -4.63. The van der Waals surface area contributed by atoms with E-state index in [1.807, 2.05) is 0 Å². The van der Waals surface area contributed by atoms with Gasteiger partial charge in [0.25, 0.3) is 0 Å². The second-order valence-electron chi connectivity index (χ2n) is 6.33. The van der Waals surface area contributed by atoms with Crippen LogP contribution in [0.15, 0.2) is 78.9 Å². The molecule has 0 spiro atoms. The van der Waals surface area contributed by atoms with E-state index in [-0.39, 0.29) is 11.4 Å². The van der Waals surface area contributed by atoms with Crippen LogP contribution in [0.1, 0.15) is 5.56 Å². The molecule has 0 amide bonds. The Morgan fingerprint density at radius 1 is 0.690 bits per heavy atom. The van der Waals surface area contributed by atoms with E-state index in [9.17, 15) is 13.2 Å². The van der Waals surface area contributed by atoms with Gasteiger partial charge in [0.2, 0.25) is 0 Å². The van der Waals surface area contributed by atoms with Gasteiger partial charge in [-0.1, -0.05) is 65.7 Å². The van der Waals surface area contributed by atoms with E-state index in [1.165, 1.54) is 16.8 Å². The Morgan fingerprint density at radius 3 is 1.72 bits per heavy atom. The maximum absolute atomic E-state index is 14.3. The highest BCUT2D eigenvalue weighted by atomic mass is 35.5. The maximum atomic E-state index is 14.3. The number of hydrogen-bond donors (Lipinski definition) is 0. The van der Waals surface area contributed by atoms with E-state index in [4.69, 9.17) is 23.2 Å². The molecule has 146 valence electrons. The molecule has 0 atom stereocenters. The Bertz CT molecular complexity index is 1130. The monoisotopic (exact) mass is 432 g/mol. The molecule has 0 fully saturated rings. The van der Waals surface area contributed by atoms with Crippen molar-refractivity contribution in [1.82, 2.24) is 9.78 Å². The summed E-state index contributed by atoms with van der Waals surface area (Å²) in [5.41, 5.74) is 0.173. The molecular formula is C22H13Cl2F3N2. The largest absolute Gasteiger partial charge is 0.420 e. The van der Waals surface area contributed by atoms with Gasteiger partial charge in [-0.15, -0.1) is 0 Å². The number of rotatable bonds is 3. The van der Waals surface area contributed by atoms with Gasteiger partial charge in [-0.25, -0.2) is 4.68 Å². The smallest absolute Gasteiger partial charge is 0.232 e. The molecule has 0 radical (unpaired) electrons. The summed E-state index contributed by atoms with van der Waals surface area (Å²) in [6, 6.07) is 21.1. The van der Waals surface area contributed by atoms with Gasteiger partial charge in [-0.05, 0) is 36.4 Å². The third-order valence-electron chi connectivity index (χ3n) is 4.40. The highest BCUT2D eigenvalue weighted by Gasteiger charge is 2.41. The number of para-hydroxylation sites is 1. The lowest BCUT2D eigenvalue weighted by molar-refractivity contribution is -0.136. The summed E-state index contributed by atoms with van der Waals surface area (Å²) in [7, 11) is 0. The molecule has 0 aliphatic heterocycles. The minimum absolute atomic E-state index is 0.0506. The molecule has 7 heteroatoms. The van der Waals surface area contributed by atoms with E-state index in [0.717, 1.165) is 0 Å². The van der Waals surface area contributed by atoms with E-state index in [0.29, 0.717) is 26.9 Å². The van der Waals surface area contributed by atoms with Crippen LogP contribution in [0.5, 0.6) is 0 Å². The van der Waals surface area contributed by atoms with Crippen molar-refractivity contribution in [2.75, 3.05) is 0 Å². The predicted octanol–water partition coefficient (Wildman–Crippen LogP) is 7.53. The van der Waals surface area contributed by atoms with Crippen molar-refractivity contribution in [3.05, 3.63) is 94.5 Å². The zero-order valence-corrected chi connectivity index (χ0v) is 16.3. The fourth-order valence-corrected chi connectivity index (χ4v) is 3.38. The molecule has 3 aromatic carbocycles. The van der Waals surface area contributed by atoms with Crippen LogP contribution in [0.25, 0.3) is 28.2 Å². The molecule has 0 saturated heterocycles. The first-order chi connectivity index (χ1) is 13.8. The van der Waals surface area contributed by atoms with Crippen molar-refractivity contribution in [2.45, 2.75) is 6.18 Å². The SMILES string of the molecule is FC(F)(F)c1c(-c2ccc(Cl)cc2)nn(-c2ccccc2)c1-c1ccc(Cl)cc1. The summed E-state index contributed by atoms with van der Waals surface area (Å²) in [4.78, 5) is 0. The lowest BCUT2D eigenvalue weighted by Gasteiger charge is -2.13. The van der Waals surface area contributed by atoms with Gasteiger partial charge in [0.15, 0.2) is 0 Å². The lowest BCUT2D eigenvalue weighted by atomic mass is 10.0. The third-order valence-corrected chi connectivity index (χ3v) is 4.91. The molecule has 1 aromatic heterocycles. The zero-order valence-electron chi connectivity index (χ0n) is 14.8. The first-order valence-electron chi connectivity index (χ1n) is 8.62. The van der Waals surface area contributed by atoms with Crippen LogP contribution in [-0.2, 0) is 6.18 Å².